The van der Waals surface area contributed by atoms with Crippen LogP contribution in [0.1, 0.15) is 24.4 Å². The summed E-state index contributed by atoms with van der Waals surface area (Å²) in [5.41, 5.74) is 0.780. The second-order valence-corrected chi connectivity index (χ2v) is 4.23. The van der Waals surface area contributed by atoms with Crippen molar-refractivity contribution in [1.82, 2.24) is 14.8 Å². The van der Waals surface area contributed by atoms with E-state index >= 15 is 0 Å². The van der Waals surface area contributed by atoms with E-state index in [-0.39, 0.29) is 0 Å². The molecule has 0 unspecified atom stereocenters. The highest BCUT2D eigenvalue weighted by Gasteiger charge is 2.10. The van der Waals surface area contributed by atoms with Crippen molar-refractivity contribution in [2.24, 2.45) is 7.05 Å². The first-order valence-corrected chi connectivity index (χ1v) is 5.93. The number of rotatable bonds is 5. The van der Waals surface area contributed by atoms with Crippen LogP contribution in [0.2, 0.25) is 0 Å². The summed E-state index contributed by atoms with van der Waals surface area (Å²) in [6.07, 6.45) is 1.08. The Kier molecular flexibility index (Phi) is 4.01. The first-order valence-electron chi connectivity index (χ1n) is 5.93. The maximum atomic E-state index is 9.53. The quantitative estimate of drug-likeness (QED) is 0.884. The van der Waals surface area contributed by atoms with Crippen LogP contribution in [0.25, 0.3) is 0 Å². The third-order valence-electron chi connectivity index (χ3n) is 2.83. The second-order valence-electron chi connectivity index (χ2n) is 4.23. The number of aryl methyl sites for hydroxylation is 1. The fraction of sp³-hybridized carbons (Fsp3) is 0.385. The van der Waals surface area contributed by atoms with Gasteiger partial charge in [-0.15, -0.1) is 10.2 Å². The average molecular weight is 263 g/mol. The molecule has 2 rings (SSSR count). The number of hydrogen-bond acceptors (Lipinski definition) is 5. The molecule has 0 aliphatic heterocycles. The van der Waals surface area contributed by atoms with Crippen molar-refractivity contribution < 1.29 is 14.6 Å². The number of aliphatic hydroxyl groups excluding tert-OH is 1. The molecule has 0 amide bonds. The molecular weight excluding hydrogens is 246 g/mol. The van der Waals surface area contributed by atoms with Gasteiger partial charge in [-0.2, -0.15) is 0 Å². The third kappa shape index (κ3) is 3.03. The molecule has 1 aromatic heterocycles. The predicted octanol–water partition coefficient (Wildman–Crippen LogP) is 1.46. The van der Waals surface area contributed by atoms with Gasteiger partial charge in [-0.1, -0.05) is 6.07 Å². The van der Waals surface area contributed by atoms with E-state index in [0.29, 0.717) is 18.1 Å². The van der Waals surface area contributed by atoms with Gasteiger partial charge in [-0.3, -0.25) is 0 Å². The lowest BCUT2D eigenvalue weighted by molar-refractivity contribution is 0.198. The molecular formula is C13H17N3O3. The molecule has 2 aromatic rings. The van der Waals surface area contributed by atoms with Gasteiger partial charge in [-0.25, -0.2) is 0 Å². The maximum Gasteiger partial charge on any atom is 0.170 e. The van der Waals surface area contributed by atoms with Crippen LogP contribution in [-0.2, 0) is 13.7 Å². The van der Waals surface area contributed by atoms with Crippen molar-refractivity contribution in [2.45, 2.75) is 19.6 Å². The summed E-state index contributed by atoms with van der Waals surface area (Å²) in [7, 11) is 3.42. The normalized spacial score (nSPS) is 12.2. The van der Waals surface area contributed by atoms with Crippen molar-refractivity contribution in [3.63, 3.8) is 0 Å². The molecule has 0 fully saturated rings. The van der Waals surface area contributed by atoms with Crippen LogP contribution in [0.4, 0.5) is 0 Å². The zero-order valence-corrected chi connectivity index (χ0v) is 11.2. The van der Waals surface area contributed by atoms with Gasteiger partial charge in [0.25, 0.3) is 0 Å². The number of ether oxygens (including phenoxy) is 2. The Bertz CT molecular complexity index is 552. The fourth-order valence-corrected chi connectivity index (χ4v) is 1.64. The van der Waals surface area contributed by atoms with E-state index in [1.165, 1.54) is 0 Å². The summed E-state index contributed by atoms with van der Waals surface area (Å²) < 4.78 is 12.7. The highest BCUT2D eigenvalue weighted by atomic mass is 16.5. The molecule has 1 atom stereocenters. The average Bonchev–Trinajstić information content (AvgIpc) is 2.81. The Balaban J connectivity index is 2.14. The van der Waals surface area contributed by atoms with Gasteiger partial charge >= 0.3 is 0 Å². The molecule has 0 spiro atoms. The molecule has 6 nitrogen and oxygen atoms in total. The summed E-state index contributed by atoms with van der Waals surface area (Å²) in [5.74, 6) is 1.91. The fourth-order valence-electron chi connectivity index (χ4n) is 1.64. The number of aliphatic hydroxyl groups is 1. The Morgan fingerprint density at radius 1 is 1.37 bits per heavy atom. The predicted molar refractivity (Wildman–Crippen MR) is 69.0 cm³/mol. The zero-order valence-electron chi connectivity index (χ0n) is 11.2. The van der Waals surface area contributed by atoms with Gasteiger partial charge in [-0.05, 0) is 24.6 Å². The first-order chi connectivity index (χ1) is 9.11. The number of aromatic nitrogens is 3. The zero-order chi connectivity index (χ0) is 13.8. The van der Waals surface area contributed by atoms with Gasteiger partial charge in [0.15, 0.2) is 17.3 Å². The lowest BCUT2D eigenvalue weighted by atomic mass is 10.1. The topological polar surface area (TPSA) is 69.4 Å². The van der Waals surface area contributed by atoms with Gasteiger partial charge in [0.05, 0.1) is 13.2 Å². The van der Waals surface area contributed by atoms with Crippen LogP contribution < -0.4 is 9.47 Å². The van der Waals surface area contributed by atoms with Crippen LogP contribution in [0.3, 0.4) is 0 Å². The van der Waals surface area contributed by atoms with E-state index in [4.69, 9.17) is 9.47 Å². The minimum absolute atomic E-state index is 0.306. The lowest BCUT2D eigenvalue weighted by Gasteiger charge is -2.13. The van der Waals surface area contributed by atoms with Crippen LogP contribution in [0.5, 0.6) is 11.5 Å². The molecule has 102 valence electrons. The molecule has 1 heterocycles. The summed E-state index contributed by atoms with van der Waals surface area (Å²) in [6.45, 7) is 2.01. The molecule has 0 saturated heterocycles. The summed E-state index contributed by atoms with van der Waals surface area (Å²) in [4.78, 5) is 0. The molecule has 0 radical (unpaired) electrons. The van der Waals surface area contributed by atoms with Gasteiger partial charge in [0, 0.05) is 7.05 Å². The van der Waals surface area contributed by atoms with Crippen molar-refractivity contribution in [1.29, 1.82) is 0 Å². The highest BCUT2D eigenvalue weighted by Crippen LogP contribution is 2.30. The molecule has 0 aliphatic rings. The van der Waals surface area contributed by atoms with Gasteiger partial charge in [0.1, 0.15) is 12.9 Å². The number of benzene rings is 1. The molecule has 0 aliphatic carbocycles. The van der Waals surface area contributed by atoms with E-state index < -0.39 is 6.10 Å². The van der Waals surface area contributed by atoms with Gasteiger partial charge < -0.3 is 19.1 Å². The van der Waals surface area contributed by atoms with Gasteiger partial charge in [0.2, 0.25) is 0 Å². The van der Waals surface area contributed by atoms with Crippen molar-refractivity contribution in [2.75, 3.05) is 7.11 Å². The van der Waals surface area contributed by atoms with E-state index in [1.54, 1.807) is 43.1 Å². The Hall–Kier alpha value is -2.08. The number of methoxy groups -OCH3 is 1. The Morgan fingerprint density at radius 3 is 2.74 bits per heavy atom. The Labute approximate surface area is 111 Å². The van der Waals surface area contributed by atoms with Crippen LogP contribution in [0, 0.1) is 0 Å². The number of nitrogens with zero attached hydrogens (tertiary/aromatic N) is 3. The van der Waals surface area contributed by atoms with Crippen LogP contribution >= 0.6 is 0 Å². The highest BCUT2D eigenvalue weighted by molar-refractivity contribution is 5.43. The van der Waals surface area contributed by atoms with Crippen molar-refractivity contribution >= 4 is 0 Å². The van der Waals surface area contributed by atoms with Crippen LogP contribution in [-0.4, -0.2) is 27.0 Å². The maximum absolute atomic E-state index is 9.53. The lowest BCUT2D eigenvalue weighted by Crippen LogP contribution is -2.04. The molecule has 0 bridgehead atoms. The molecule has 6 heteroatoms. The monoisotopic (exact) mass is 263 g/mol. The molecule has 1 N–H and O–H groups in total. The van der Waals surface area contributed by atoms with E-state index in [0.717, 1.165) is 11.4 Å². The SMILES string of the molecule is COc1cc([C@H](C)O)ccc1OCc1nncn1C. The Morgan fingerprint density at radius 2 is 2.16 bits per heavy atom. The van der Waals surface area contributed by atoms with E-state index in [9.17, 15) is 5.11 Å². The minimum Gasteiger partial charge on any atom is -0.493 e. The second kappa shape index (κ2) is 5.71. The third-order valence-corrected chi connectivity index (χ3v) is 2.83. The van der Waals surface area contributed by atoms with Crippen molar-refractivity contribution in [3.05, 3.63) is 35.9 Å². The standard InChI is InChI=1S/C13H17N3O3/c1-9(17)10-4-5-11(12(6-10)18-3)19-7-13-15-14-8-16(13)2/h4-6,8-9,17H,7H2,1-3H3/t9-/m0/s1. The summed E-state index contributed by atoms with van der Waals surface area (Å²) in [6, 6.07) is 5.34. The summed E-state index contributed by atoms with van der Waals surface area (Å²) >= 11 is 0. The molecule has 19 heavy (non-hydrogen) atoms. The smallest absolute Gasteiger partial charge is 0.170 e. The summed E-state index contributed by atoms with van der Waals surface area (Å²) in [5, 5.41) is 17.3. The largest absolute Gasteiger partial charge is 0.493 e. The number of hydrogen-bond donors (Lipinski definition) is 1. The van der Waals surface area contributed by atoms with Crippen LogP contribution in [0.15, 0.2) is 24.5 Å². The van der Waals surface area contributed by atoms with E-state index in [1.807, 2.05) is 7.05 Å². The first kappa shape index (κ1) is 13.4. The molecule has 0 saturated carbocycles. The van der Waals surface area contributed by atoms with E-state index in [2.05, 4.69) is 10.2 Å². The minimum atomic E-state index is -0.540. The van der Waals surface area contributed by atoms with Crippen molar-refractivity contribution in [3.8, 4) is 11.5 Å². The molecule has 1 aromatic carbocycles.